The molecular weight excluding hydrogens is 288 g/mol. The molecule has 5 nitrogen and oxygen atoms in total. The lowest BCUT2D eigenvalue weighted by molar-refractivity contribution is 0.0967. The number of likely N-dealkylation sites (tertiary alicyclic amines) is 1. The average molecular weight is 314 g/mol. The van der Waals surface area contributed by atoms with Crippen molar-refractivity contribution in [2.24, 2.45) is 0 Å². The Morgan fingerprint density at radius 2 is 2.26 bits per heavy atom. The van der Waals surface area contributed by atoms with Crippen molar-refractivity contribution < 1.29 is 4.74 Å². The van der Waals surface area contributed by atoms with Crippen LogP contribution in [0.1, 0.15) is 38.4 Å². The Morgan fingerprint density at radius 1 is 1.30 bits per heavy atom. The van der Waals surface area contributed by atoms with E-state index in [-0.39, 0.29) is 0 Å². The van der Waals surface area contributed by atoms with Crippen LogP contribution in [0.4, 0.5) is 0 Å². The molecule has 2 aliphatic rings. The van der Waals surface area contributed by atoms with E-state index in [4.69, 9.17) is 9.72 Å². The highest BCUT2D eigenvalue weighted by atomic mass is 16.5. The normalized spacial score (nSPS) is 25.6. The zero-order chi connectivity index (χ0) is 15.6. The summed E-state index contributed by atoms with van der Waals surface area (Å²) in [5, 5.41) is 0. The lowest BCUT2D eigenvalue weighted by Crippen LogP contribution is -2.32. The van der Waals surface area contributed by atoms with E-state index in [1.165, 1.54) is 31.6 Å². The molecule has 5 heteroatoms. The predicted octanol–water partition coefficient (Wildman–Crippen LogP) is 2.64. The van der Waals surface area contributed by atoms with Gasteiger partial charge in [-0.05, 0) is 50.9 Å². The Morgan fingerprint density at radius 3 is 3.09 bits per heavy atom. The Bertz CT molecular complexity index is 662. The molecule has 23 heavy (non-hydrogen) atoms. The first-order valence-electron chi connectivity index (χ1n) is 9.01. The van der Waals surface area contributed by atoms with Crippen LogP contribution in [-0.2, 0) is 17.7 Å². The van der Waals surface area contributed by atoms with Crippen LogP contribution in [0.25, 0.3) is 11.2 Å². The summed E-state index contributed by atoms with van der Waals surface area (Å²) >= 11 is 0. The van der Waals surface area contributed by atoms with Crippen molar-refractivity contribution in [1.29, 1.82) is 0 Å². The van der Waals surface area contributed by atoms with E-state index in [0.29, 0.717) is 12.1 Å². The first kappa shape index (κ1) is 15.1. The van der Waals surface area contributed by atoms with E-state index in [9.17, 15) is 0 Å². The van der Waals surface area contributed by atoms with Gasteiger partial charge in [0.15, 0.2) is 5.65 Å². The minimum atomic E-state index is 0.319. The Labute approximate surface area is 137 Å². The number of ether oxygens (including phenoxy) is 1. The van der Waals surface area contributed by atoms with Gasteiger partial charge in [0.25, 0.3) is 0 Å². The molecule has 2 fully saturated rings. The molecule has 0 spiro atoms. The monoisotopic (exact) mass is 314 g/mol. The largest absolute Gasteiger partial charge is 0.376 e. The second-order valence-corrected chi connectivity index (χ2v) is 6.75. The van der Waals surface area contributed by atoms with Crippen molar-refractivity contribution in [3.8, 4) is 0 Å². The zero-order valence-electron chi connectivity index (χ0n) is 13.9. The highest BCUT2D eigenvalue weighted by molar-refractivity contribution is 5.71. The smallest absolute Gasteiger partial charge is 0.160 e. The summed E-state index contributed by atoms with van der Waals surface area (Å²) in [6.07, 6.45) is 8.12. The number of hydrogen-bond donors (Lipinski definition) is 0. The van der Waals surface area contributed by atoms with Crippen LogP contribution in [0.5, 0.6) is 0 Å². The van der Waals surface area contributed by atoms with Crippen LogP contribution in [0.15, 0.2) is 18.3 Å². The molecule has 2 atom stereocenters. The van der Waals surface area contributed by atoms with E-state index in [0.717, 1.165) is 43.7 Å². The number of rotatable bonds is 5. The van der Waals surface area contributed by atoms with Gasteiger partial charge in [0.05, 0.1) is 12.6 Å². The maximum atomic E-state index is 5.86. The molecule has 4 rings (SSSR count). The third-order valence-corrected chi connectivity index (χ3v) is 5.32. The van der Waals surface area contributed by atoms with E-state index in [2.05, 4.69) is 27.4 Å². The summed E-state index contributed by atoms with van der Waals surface area (Å²) in [5.41, 5.74) is 2.03. The van der Waals surface area contributed by atoms with E-state index in [1.54, 1.807) is 0 Å². The highest BCUT2D eigenvalue weighted by Crippen LogP contribution is 2.24. The van der Waals surface area contributed by atoms with Crippen molar-refractivity contribution in [2.45, 2.75) is 57.7 Å². The second-order valence-electron chi connectivity index (χ2n) is 6.75. The second kappa shape index (κ2) is 6.57. The van der Waals surface area contributed by atoms with Crippen molar-refractivity contribution >= 4 is 11.2 Å². The Hall–Kier alpha value is -1.46. The minimum absolute atomic E-state index is 0.319. The van der Waals surface area contributed by atoms with Gasteiger partial charge in [0, 0.05) is 25.3 Å². The first-order valence-corrected chi connectivity index (χ1v) is 9.01. The fraction of sp³-hybridized carbons (Fsp3) is 0.667. The van der Waals surface area contributed by atoms with Crippen LogP contribution in [0.2, 0.25) is 0 Å². The molecule has 0 saturated carbocycles. The number of hydrogen-bond acceptors (Lipinski definition) is 4. The van der Waals surface area contributed by atoms with Gasteiger partial charge >= 0.3 is 0 Å². The fourth-order valence-electron chi connectivity index (χ4n) is 4.10. The Kier molecular flexibility index (Phi) is 4.31. The number of aromatic nitrogens is 3. The number of pyridine rings is 1. The third-order valence-electron chi connectivity index (χ3n) is 5.32. The molecular formula is C18H26N4O. The van der Waals surface area contributed by atoms with Gasteiger partial charge in [-0.1, -0.05) is 6.92 Å². The molecule has 0 aromatic carbocycles. The van der Waals surface area contributed by atoms with Gasteiger partial charge in [-0.3, -0.25) is 0 Å². The summed E-state index contributed by atoms with van der Waals surface area (Å²) < 4.78 is 8.17. The summed E-state index contributed by atoms with van der Waals surface area (Å²) in [5.74, 6) is 1.18. The molecule has 2 aliphatic heterocycles. The molecule has 0 amide bonds. The van der Waals surface area contributed by atoms with Gasteiger partial charge in [-0.25, -0.2) is 9.97 Å². The zero-order valence-corrected chi connectivity index (χ0v) is 13.9. The number of nitrogens with zero attached hydrogens (tertiary/aromatic N) is 4. The number of likely N-dealkylation sites (N-methyl/N-ethyl adjacent to an activating group) is 1. The van der Waals surface area contributed by atoms with Crippen LogP contribution in [0.3, 0.4) is 0 Å². The van der Waals surface area contributed by atoms with Gasteiger partial charge < -0.3 is 14.2 Å². The molecule has 2 aromatic rings. The van der Waals surface area contributed by atoms with E-state index >= 15 is 0 Å². The molecule has 2 aromatic heterocycles. The van der Waals surface area contributed by atoms with E-state index in [1.807, 2.05) is 12.3 Å². The van der Waals surface area contributed by atoms with Gasteiger partial charge in [0.2, 0.25) is 0 Å². The molecule has 0 aliphatic carbocycles. The van der Waals surface area contributed by atoms with Gasteiger partial charge in [0.1, 0.15) is 11.3 Å². The maximum Gasteiger partial charge on any atom is 0.160 e. The predicted molar refractivity (Wildman–Crippen MR) is 90.5 cm³/mol. The average Bonchev–Trinajstić information content (AvgIpc) is 3.30. The summed E-state index contributed by atoms with van der Waals surface area (Å²) in [7, 11) is 0. The van der Waals surface area contributed by atoms with Crippen molar-refractivity contribution in [1.82, 2.24) is 19.4 Å². The molecule has 0 N–H and O–H groups in total. The van der Waals surface area contributed by atoms with Crippen LogP contribution >= 0.6 is 0 Å². The maximum absolute atomic E-state index is 5.86. The van der Waals surface area contributed by atoms with Gasteiger partial charge in [-0.15, -0.1) is 0 Å². The molecule has 4 heterocycles. The summed E-state index contributed by atoms with van der Waals surface area (Å²) in [6.45, 7) is 6.41. The lowest BCUT2D eigenvalue weighted by atomic mass is 10.1. The SMILES string of the molecule is CCN1CCCC1Cc1nc2cccnc2n1CC1CCCO1. The first-order chi connectivity index (χ1) is 11.3. The fourth-order valence-corrected chi connectivity index (χ4v) is 4.10. The van der Waals surface area contributed by atoms with Crippen molar-refractivity contribution in [3.05, 3.63) is 24.2 Å². The number of fused-ring (bicyclic) bond motifs is 1. The molecule has 2 saturated heterocycles. The quantitative estimate of drug-likeness (QED) is 0.851. The summed E-state index contributed by atoms with van der Waals surface area (Å²) in [4.78, 5) is 12.1. The third kappa shape index (κ3) is 3.00. The van der Waals surface area contributed by atoms with Gasteiger partial charge in [-0.2, -0.15) is 0 Å². The highest BCUT2D eigenvalue weighted by Gasteiger charge is 2.27. The molecule has 0 radical (unpaired) electrons. The molecule has 124 valence electrons. The number of imidazole rings is 1. The molecule has 0 bridgehead atoms. The summed E-state index contributed by atoms with van der Waals surface area (Å²) in [6, 6.07) is 4.67. The van der Waals surface area contributed by atoms with Crippen molar-refractivity contribution in [3.63, 3.8) is 0 Å². The van der Waals surface area contributed by atoms with Crippen LogP contribution in [-0.4, -0.2) is 51.3 Å². The lowest BCUT2D eigenvalue weighted by Gasteiger charge is -2.23. The topological polar surface area (TPSA) is 43.2 Å². The van der Waals surface area contributed by atoms with Crippen LogP contribution in [0, 0.1) is 0 Å². The minimum Gasteiger partial charge on any atom is -0.376 e. The van der Waals surface area contributed by atoms with Crippen LogP contribution < -0.4 is 0 Å². The molecule has 2 unspecified atom stereocenters. The van der Waals surface area contributed by atoms with Crippen molar-refractivity contribution in [2.75, 3.05) is 19.7 Å². The standard InChI is InChI=1S/C18H26N4O/c1-2-21-10-4-6-14(21)12-17-20-16-8-3-9-19-18(16)22(17)13-15-7-5-11-23-15/h3,8-9,14-15H,2,4-7,10-13H2,1H3. The van der Waals surface area contributed by atoms with E-state index < -0.39 is 0 Å². The Balaban J connectivity index is 1.64.